The molecule has 1 aliphatic heterocycles. The van der Waals surface area contributed by atoms with Gasteiger partial charge in [-0.15, -0.1) is 0 Å². The van der Waals surface area contributed by atoms with Crippen molar-refractivity contribution in [3.8, 4) is 0 Å². The maximum Gasteiger partial charge on any atom is 0.249 e. The summed E-state index contributed by atoms with van der Waals surface area (Å²) in [7, 11) is 0. The molecular formula is C11H18F2N2O. The highest BCUT2D eigenvalue weighted by atomic mass is 19.3. The van der Waals surface area contributed by atoms with Crippen LogP contribution in [0, 0.1) is 11.8 Å². The largest absolute Gasteiger partial charge is 0.356 e. The molecule has 0 spiro atoms. The van der Waals surface area contributed by atoms with Crippen LogP contribution in [0.15, 0.2) is 0 Å². The maximum atomic E-state index is 12.6. The summed E-state index contributed by atoms with van der Waals surface area (Å²) in [6, 6.07) is 0. The molecule has 0 atom stereocenters. The number of amides is 1. The van der Waals surface area contributed by atoms with Crippen molar-refractivity contribution in [2.24, 2.45) is 11.8 Å². The van der Waals surface area contributed by atoms with Gasteiger partial charge in [0.25, 0.3) is 0 Å². The monoisotopic (exact) mass is 232 g/mol. The molecule has 0 aromatic rings. The number of hydrogen-bond acceptors (Lipinski definition) is 2. The Morgan fingerprint density at radius 3 is 2.50 bits per heavy atom. The van der Waals surface area contributed by atoms with E-state index in [0.717, 1.165) is 25.9 Å². The van der Waals surface area contributed by atoms with Gasteiger partial charge in [-0.1, -0.05) is 0 Å². The smallest absolute Gasteiger partial charge is 0.249 e. The number of rotatable bonds is 3. The SMILES string of the molecule is O=C(NCC1CCNCC1)C1CC(F)(F)C1. The van der Waals surface area contributed by atoms with Crippen molar-refractivity contribution < 1.29 is 13.6 Å². The number of piperidine rings is 1. The van der Waals surface area contributed by atoms with Crippen LogP contribution in [0.1, 0.15) is 25.7 Å². The molecule has 0 aromatic heterocycles. The first-order valence-corrected chi connectivity index (χ1v) is 5.93. The second-order valence-corrected chi connectivity index (χ2v) is 4.90. The third-order valence-electron chi connectivity index (χ3n) is 3.48. The standard InChI is InChI=1S/C11H18F2N2O/c12-11(13)5-9(6-11)10(16)15-7-8-1-3-14-4-2-8/h8-9,14H,1-7H2,(H,15,16). The topological polar surface area (TPSA) is 41.1 Å². The predicted molar refractivity (Wildman–Crippen MR) is 56.3 cm³/mol. The van der Waals surface area contributed by atoms with Gasteiger partial charge in [0.2, 0.25) is 11.8 Å². The first-order chi connectivity index (χ1) is 7.57. The molecule has 1 aliphatic carbocycles. The molecule has 2 rings (SSSR count). The molecule has 0 aromatic carbocycles. The van der Waals surface area contributed by atoms with Crippen molar-refractivity contribution in [2.75, 3.05) is 19.6 Å². The highest BCUT2D eigenvalue weighted by molar-refractivity contribution is 5.79. The molecule has 5 heteroatoms. The summed E-state index contributed by atoms with van der Waals surface area (Å²) in [5, 5.41) is 6.04. The fourth-order valence-electron chi connectivity index (χ4n) is 2.32. The average molecular weight is 232 g/mol. The van der Waals surface area contributed by atoms with Crippen LogP contribution in [-0.2, 0) is 4.79 Å². The lowest BCUT2D eigenvalue weighted by atomic mass is 9.80. The van der Waals surface area contributed by atoms with Crippen LogP contribution in [0.3, 0.4) is 0 Å². The zero-order valence-electron chi connectivity index (χ0n) is 9.27. The van der Waals surface area contributed by atoms with E-state index in [2.05, 4.69) is 10.6 Å². The summed E-state index contributed by atoms with van der Waals surface area (Å²) >= 11 is 0. The molecule has 2 fully saturated rings. The van der Waals surface area contributed by atoms with Gasteiger partial charge in [-0.05, 0) is 31.8 Å². The van der Waals surface area contributed by atoms with Crippen LogP contribution >= 0.6 is 0 Å². The van der Waals surface area contributed by atoms with Crippen molar-refractivity contribution >= 4 is 5.91 Å². The van der Waals surface area contributed by atoms with Crippen LogP contribution in [0.2, 0.25) is 0 Å². The highest BCUT2D eigenvalue weighted by Gasteiger charge is 2.48. The van der Waals surface area contributed by atoms with Gasteiger partial charge in [-0.2, -0.15) is 0 Å². The highest BCUT2D eigenvalue weighted by Crippen LogP contribution is 2.42. The van der Waals surface area contributed by atoms with Crippen molar-refractivity contribution in [1.29, 1.82) is 0 Å². The molecule has 2 aliphatic rings. The Bertz CT molecular complexity index is 257. The molecule has 0 unspecified atom stereocenters. The minimum atomic E-state index is -2.60. The predicted octanol–water partition coefficient (Wildman–Crippen LogP) is 1.15. The molecule has 0 bridgehead atoms. The number of carbonyl (C=O) groups is 1. The molecular weight excluding hydrogens is 214 g/mol. The third kappa shape index (κ3) is 2.90. The lowest BCUT2D eigenvalue weighted by Gasteiger charge is -2.34. The van der Waals surface area contributed by atoms with E-state index < -0.39 is 11.8 Å². The third-order valence-corrected chi connectivity index (χ3v) is 3.48. The van der Waals surface area contributed by atoms with E-state index in [1.807, 2.05) is 0 Å². The van der Waals surface area contributed by atoms with E-state index in [1.165, 1.54) is 0 Å². The van der Waals surface area contributed by atoms with E-state index in [1.54, 1.807) is 0 Å². The lowest BCUT2D eigenvalue weighted by Crippen LogP contribution is -2.46. The van der Waals surface area contributed by atoms with E-state index in [9.17, 15) is 13.6 Å². The summed E-state index contributed by atoms with van der Waals surface area (Å²) < 4.78 is 25.1. The van der Waals surface area contributed by atoms with Crippen LogP contribution in [-0.4, -0.2) is 31.5 Å². The average Bonchev–Trinajstić information content (AvgIpc) is 2.24. The van der Waals surface area contributed by atoms with Crippen molar-refractivity contribution in [3.05, 3.63) is 0 Å². The van der Waals surface area contributed by atoms with Gasteiger partial charge in [-0.3, -0.25) is 4.79 Å². The fraction of sp³-hybridized carbons (Fsp3) is 0.909. The summed E-state index contributed by atoms with van der Waals surface area (Å²) in [4.78, 5) is 11.5. The Labute approximate surface area is 94.0 Å². The molecule has 2 N–H and O–H groups in total. The quantitative estimate of drug-likeness (QED) is 0.766. The van der Waals surface area contributed by atoms with Gasteiger partial charge in [-0.25, -0.2) is 8.78 Å². The molecule has 1 saturated carbocycles. The number of nitrogens with one attached hydrogen (secondary N) is 2. The lowest BCUT2D eigenvalue weighted by molar-refractivity contribution is -0.150. The first kappa shape index (κ1) is 11.8. The van der Waals surface area contributed by atoms with Gasteiger partial charge in [0.15, 0.2) is 0 Å². The number of hydrogen-bond donors (Lipinski definition) is 2. The zero-order valence-corrected chi connectivity index (χ0v) is 9.27. The second kappa shape index (κ2) is 4.65. The Morgan fingerprint density at radius 1 is 1.31 bits per heavy atom. The Hall–Kier alpha value is -0.710. The van der Waals surface area contributed by atoms with Crippen molar-refractivity contribution in [3.63, 3.8) is 0 Å². The number of carbonyl (C=O) groups excluding carboxylic acids is 1. The minimum absolute atomic E-state index is 0.190. The molecule has 1 amide bonds. The normalized spacial score (nSPS) is 26.1. The van der Waals surface area contributed by atoms with E-state index >= 15 is 0 Å². The van der Waals surface area contributed by atoms with Gasteiger partial charge >= 0.3 is 0 Å². The molecule has 16 heavy (non-hydrogen) atoms. The Balaban J connectivity index is 1.64. The zero-order chi connectivity index (χ0) is 11.6. The molecule has 1 heterocycles. The van der Waals surface area contributed by atoms with Crippen LogP contribution in [0.4, 0.5) is 8.78 Å². The van der Waals surface area contributed by atoms with Crippen LogP contribution < -0.4 is 10.6 Å². The summed E-state index contributed by atoms with van der Waals surface area (Å²) in [5.41, 5.74) is 0. The summed E-state index contributed by atoms with van der Waals surface area (Å²) in [6.07, 6.45) is 1.57. The molecule has 1 saturated heterocycles. The van der Waals surface area contributed by atoms with E-state index in [-0.39, 0.29) is 18.7 Å². The van der Waals surface area contributed by atoms with Crippen LogP contribution in [0.25, 0.3) is 0 Å². The maximum absolute atomic E-state index is 12.6. The molecule has 0 radical (unpaired) electrons. The molecule has 92 valence electrons. The Kier molecular flexibility index (Phi) is 3.42. The van der Waals surface area contributed by atoms with Gasteiger partial charge in [0, 0.05) is 25.3 Å². The van der Waals surface area contributed by atoms with Gasteiger partial charge < -0.3 is 10.6 Å². The van der Waals surface area contributed by atoms with Gasteiger partial charge in [0.05, 0.1) is 0 Å². The number of halogens is 2. The van der Waals surface area contributed by atoms with E-state index in [4.69, 9.17) is 0 Å². The van der Waals surface area contributed by atoms with Crippen molar-refractivity contribution in [1.82, 2.24) is 10.6 Å². The fourth-order valence-corrected chi connectivity index (χ4v) is 2.32. The second-order valence-electron chi connectivity index (χ2n) is 4.90. The number of alkyl halides is 2. The molecule has 3 nitrogen and oxygen atoms in total. The van der Waals surface area contributed by atoms with Crippen LogP contribution in [0.5, 0.6) is 0 Å². The van der Waals surface area contributed by atoms with Crippen molar-refractivity contribution in [2.45, 2.75) is 31.6 Å². The summed E-state index contributed by atoms with van der Waals surface area (Å²) in [6.45, 7) is 2.62. The summed E-state index contributed by atoms with van der Waals surface area (Å²) in [5.74, 6) is -2.75. The van der Waals surface area contributed by atoms with E-state index in [0.29, 0.717) is 12.5 Å². The Morgan fingerprint density at radius 2 is 1.94 bits per heavy atom. The van der Waals surface area contributed by atoms with Gasteiger partial charge in [0.1, 0.15) is 0 Å². The minimum Gasteiger partial charge on any atom is -0.356 e. The first-order valence-electron chi connectivity index (χ1n) is 5.93.